The first kappa shape index (κ1) is 10.5. The number of carbonyl (C=O) groups is 1. The average Bonchev–Trinajstić information content (AvgIpc) is 2.46. The Kier molecular flexibility index (Phi) is 3.27. The van der Waals surface area contributed by atoms with E-state index in [4.69, 9.17) is 5.73 Å². The number of likely N-dealkylation sites (tertiary alicyclic amines) is 1. The van der Waals surface area contributed by atoms with Crippen molar-refractivity contribution in [1.29, 1.82) is 0 Å². The largest absolute Gasteiger partial charge is 0.340 e. The maximum atomic E-state index is 11.3. The Morgan fingerprint density at radius 2 is 2.15 bits per heavy atom. The van der Waals surface area contributed by atoms with Crippen LogP contribution in [0.5, 0.6) is 0 Å². The van der Waals surface area contributed by atoms with Crippen molar-refractivity contribution >= 4 is 5.91 Å². The van der Waals surface area contributed by atoms with Gasteiger partial charge in [-0.2, -0.15) is 0 Å². The topological polar surface area (TPSA) is 49.6 Å². The van der Waals surface area contributed by atoms with E-state index in [0.29, 0.717) is 12.0 Å². The molecule has 2 unspecified atom stereocenters. The smallest absolute Gasteiger partial charge is 0.236 e. The minimum atomic E-state index is 0.0659. The molecule has 0 aliphatic carbocycles. The predicted molar refractivity (Wildman–Crippen MR) is 52.3 cm³/mol. The molecule has 2 N–H and O–H groups in total. The molecule has 1 amide bonds. The van der Waals surface area contributed by atoms with Crippen LogP contribution in [-0.2, 0) is 4.79 Å². The molecule has 76 valence electrons. The van der Waals surface area contributed by atoms with Crippen molar-refractivity contribution in [2.45, 2.75) is 13.0 Å². The van der Waals surface area contributed by atoms with Crippen molar-refractivity contribution < 1.29 is 4.79 Å². The molecule has 0 aromatic rings. The first-order valence-corrected chi connectivity index (χ1v) is 4.70. The minimum absolute atomic E-state index is 0.0659. The molecule has 1 aliphatic heterocycles. The fraction of sp³-hybridized carbons (Fsp3) is 0.889. The van der Waals surface area contributed by atoms with Crippen molar-refractivity contribution in [2.24, 2.45) is 11.7 Å². The zero-order valence-corrected chi connectivity index (χ0v) is 8.66. The molecule has 1 rings (SSSR count). The van der Waals surface area contributed by atoms with Gasteiger partial charge in [0, 0.05) is 19.1 Å². The molecular weight excluding hydrogens is 166 g/mol. The summed E-state index contributed by atoms with van der Waals surface area (Å²) >= 11 is 0. The molecule has 1 aliphatic rings. The quantitative estimate of drug-likeness (QED) is 0.622. The zero-order valence-electron chi connectivity index (χ0n) is 8.66. The van der Waals surface area contributed by atoms with Crippen LogP contribution < -0.4 is 5.73 Å². The number of rotatable bonds is 2. The van der Waals surface area contributed by atoms with E-state index < -0.39 is 0 Å². The summed E-state index contributed by atoms with van der Waals surface area (Å²) in [5, 5.41) is 0. The minimum Gasteiger partial charge on any atom is -0.340 e. The molecular formula is C9H19N3O. The van der Waals surface area contributed by atoms with E-state index in [1.807, 2.05) is 4.90 Å². The van der Waals surface area contributed by atoms with Gasteiger partial charge < -0.3 is 15.5 Å². The van der Waals surface area contributed by atoms with E-state index >= 15 is 0 Å². The Bertz CT molecular complexity index is 193. The first-order valence-electron chi connectivity index (χ1n) is 4.70. The van der Waals surface area contributed by atoms with Crippen LogP contribution in [0.25, 0.3) is 0 Å². The second-order valence-corrected chi connectivity index (χ2v) is 4.01. The highest BCUT2D eigenvalue weighted by Crippen LogP contribution is 2.19. The Balaban J connectivity index is 2.54. The third-order valence-corrected chi connectivity index (χ3v) is 2.76. The summed E-state index contributed by atoms with van der Waals surface area (Å²) in [6.45, 7) is 3.98. The number of nitrogens with zero attached hydrogens (tertiary/aromatic N) is 2. The Labute approximate surface area is 79.7 Å². The third-order valence-electron chi connectivity index (χ3n) is 2.76. The van der Waals surface area contributed by atoms with Crippen LogP contribution in [0.1, 0.15) is 6.92 Å². The summed E-state index contributed by atoms with van der Waals surface area (Å²) in [6, 6.07) is 0.482. The second kappa shape index (κ2) is 4.07. The van der Waals surface area contributed by atoms with Gasteiger partial charge in [-0.1, -0.05) is 6.92 Å². The van der Waals surface area contributed by atoms with Gasteiger partial charge in [0.1, 0.15) is 0 Å². The molecule has 1 heterocycles. The number of carbonyl (C=O) groups excluding carboxylic acids is 1. The van der Waals surface area contributed by atoms with E-state index in [9.17, 15) is 4.79 Å². The lowest BCUT2D eigenvalue weighted by molar-refractivity contribution is -0.128. The number of nitrogens with two attached hydrogens (primary N) is 1. The second-order valence-electron chi connectivity index (χ2n) is 4.01. The Morgan fingerprint density at radius 1 is 1.54 bits per heavy atom. The summed E-state index contributed by atoms with van der Waals surface area (Å²) in [5.74, 6) is 0.613. The lowest BCUT2D eigenvalue weighted by Crippen LogP contribution is -2.37. The molecule has 4 nitrogen and oxygen atoms in total. The molecule has 0 saturated carbocycles. The highest BCUT2D eigenvalue weighted by atomic mass is 16.2. The van der Waals surface area contributed by atoms with E-state index in [-0.39, 0.29) is 12.5 Å². The highest BCUT2D eigenvalue weighted by molar-refractivity contribution is 5.78. The summed E-state index contributed by atoms with van der Waals surface area (Å²) < 4.78 is 0. The molecule has 1 saturated heterocycles. The summed E-state index contributed by atoms with van der Waals surface area (Å²) in [5.41, 5.74) is 5.31. The Hall–Kier alpha value is -0.610. The van der Waals surface area contributed by atoms with E-state index in [0.717, 1.165) is 13.1 Å². The fourth-order valence-corrected chi connectivity index (χ4v) is 1.95. The maximum absolute atomic E-state index is 11.3. The number of hydrogen-bond acceptors (Lipinski definition) is 3. The SMILES string of the molecule is CC1CN(C(=O)CN)CC1N(C)C. The fourth-order valence-electron chi connectivity index (χ4n) is 1.95. The summed E-state index contributed by atoms with van der Waals surface area (Å²) in [4.78, 5) is 15.3. The van der Waals surface area contributed by atoms with Gasteiger partial charge in [-0.25, -0.2) is 0 Å². The van der Waals surface area contributed by atoms with Crippen LogP contribution in [0.3, 0.4) is 0 Å². The lowest BCUT2D eigenvalue weighted by Gasteiger charge is -2.22. The monoisotopic (exact) mass is 185 g/mol. The molecule has 0 bridgehead atoms. The average molecular weight is 185 g/mol. The molecule has 0 aromatic heterocycles. The highest BCUT2D eigenvalue weighted by Gasteiger charge is 2.32. The van der Waals surface area contributed by atoms with E-state index in [2.05, 4.69) is 25.9 Å². The molecule has 0 spiro atoms. The molecule has 1 fully saturated rings. The van der Waals surface area contributed by atoms with Crippen molar-refractivity contribution in [3.63, 3.8) is 0 Å². The van der Waals surface area contributed by atoms with Gasteiger partial charge in [0.15, 0.2) is 0 Å². The van der Waals surface area contributed by atoms with Crippen molar-refractivity contribution in [1.82, 2.24) is 9.80 Å². The Morgan fingerprint density at radius 3 is 2.54 bits per heavy atom. The van der Waals surface area contributed by atoms with Gasteiger partial charge in [-0.15, -0.1) is 0 Å². The number of likely N-dealkylation sites (N-methyl/N-ethyl adjacent to an activating group) is 1. The van der Waals surface area contributed by atoms with Crippen LogP contribution in [0.15, 0.2) is 0 Å². The lowest BCUT2D eigenvalue weighted by atomic mass is 10.1. The number of amides is 1. The predicted octanol–water partition coefficient (Wildman–Crippen LogP) is -0.646. The van der Waals surface area contributed by atoms with Gasteiger partial charge in [0.2, 0.25) is 5.91 Å². The maximum Gasteiger partial charge on any atom is 0.236 e. The third kappa shape index (κ3) is 2.19. The standard InChI is InChI=1S/C9H19N3O/c1-7-5-12(9(13)4-10)6-8(7)11(2)3/h7-8H,4-6,10H2,1-3H3. The molecule has 0 aromatic carbocycles. The van der Waals surface area contributed by atoms with Crippen molar-refractivity contribution in [2.75, 3.05) is 33.7 Å². The van der Waals surface area contributed by atoms with Crippen LogP contribution in [0.2, 0.25) is 0 Å². The summed E-state index contributed by atoms with van der Waals surface area (Å²) in [7, 11) is 4.11. The zero-order chi connectivity index (χ0) is 10.0. The van der Waals surface area contributed by atoms with Crippen molar-refractivity contribution in [3.8, 4) is 0 Å². The van der Waals surface area contributed by atoms with Gasteiger partial charge in [-0.05, 0) is 20.0 Å². The first-order chi connectivity index (χ1) is 6.06. The molecule has 2 atom stereocenters. The van der Waals surface area contributed by atoms with Gasteiger partial charge in [0.05, 0.1) is 6.54 Å². The van der Waals surface area contributed by atoms with Gasteiger partial charge in [-0.3, -0.25) is 4.79 Å². The van der Waals surface area contributed by atoms with Crippen LogP contribution in [0.4, 0.5) is 0 Å². The van der Waals surface area contributed by atoms with Gasteiger partial charge in [0.25, 0.3) is 0 Å². The number of hydrogen-bond donors (Lipinski definition) is 1. The van der Waals surface area contributed by atoms with E-state index in [1.54, 1.807) is 0 Å². The van der Waals surface area contributed by atoms with Crippen molar-refractivity contribution in [3.05, 3.63) is 0 Å². The van der Waals surface area contributed by atoms with Crippen LogP contribution >= 0.6 is 0 Å². The molecule has 4 heteroatoms. The molecule has 0 radical (unpaired) electrons. The van der Waals surface area contributed by atoms with Crippen LogP contribution in [-0.4, -0.2) is 55.5 Å². The normalized spacial score (nSPS) is 28.5. The molecule has 13 heavy (non-hydrogen) atoms. The summed E-state index contributed by atoms with van der Waals surface area (Å²) in [6.07, 6.45) is 0. The van der Waals surface area contributed by atoms with E-state index in [1.165, 1.54) is 0 Å². The van der Waals surface area contributed by atoms with Gasteiger partial charge >= 0.3 is 0 Å². The van der Waals surface area contributed by atoms with Crippen LogP contribution in [0, 0.1) is 5.92 Å².